The van der Waals surface area contributed by atoms with Gasteiger partial charge < -0.3 is 24.6 Å². The monoisotopic (exact) mass is 562 g/mol. The average Bonchev–Trinajstić information content (AvgIpc) is 2.91. The van der Waals surface area contributed by atoms with Crippen molar-refractivity contribution in [2.45, 2.75) is 38.7 Å². The molecule has 210 valence electrons. The first kappa shape index (κ1) is 29.5. The molecular formula is C25H30N4O9S. The second kappa shape index (κ2) is 12.7. The number of rotatable bonds is 10. The van der Waals surface area contributed by atoms with Gasteiger partial charge in [0.1, 0.15) is 10.6 Å². The standard InChI is InChI=1S/C25H30N4O9S/c1-5-12-36-25(33)38-22-15(2)13-17-21(16(22)3)23(31)29(20(28-17)14-37-24(32)27-10-11-30)18-8-6-7-9-19(18)39(34,35)26-4/h6-9,13,26,30H,5,10-12,14H2,1-4H3,(H,27,32). The number of sulfonamides is 1. The molecule has 0 unspecified atom stereocenters. The quantitative estimate of drug-likeness (QED) is 0.245. The number of alkyl carbamates (subject to hydrolysis) is 1. The predicted octanol–water partition coefficient (Wildman–Crippen LogP) is 2.05. The molecule has 14 heteroatoms. The van der Waals surface area contributed by atoms with Gasteiger partial charge in [0.05, 0.1) is 29.8 Å². The number of ether oxygens (including phenoxy) is 3. The smallest absolute Gasteiger partial charge is 0.441 e. The van der Waals surface area contributed by atoms with E-state index in [1.807, 2.05) is 6.92 Å². The molecule has 1 heterocycles. The maximum atomic E-state index is 14.0. The summed E-state index contributed by atoms with van der Waals surface area (Å²) < 4.78 is 44.4. The molecule has 0 saturated carbocycles. The highest BCUT2D eigenvalue weighted by atomic mass is 32.2. The third kappa shape index (κ3) is 6.53. The molecule has 0 radical (unpaired) electrons. The van der Waals surface area contributed by atoms with Gasteiger partial charge in [-0.2, -0.15) is 0 Å². The van der Waals surface area contributed by atoms with Gasteiger partial charge in [0.2, 0.25) is 10.0 Å². The van der Waals surface area contributed by atoms with Gasteiger partial charge in [0.25, 0.3) is 5.56 Å². The summed E-state index contributed by atoms with van der Waals surface area (Å²) in [5.74, 6) is 0.0396. The summed E-state index contributed by atoms with van der Waals surface area (Å²) in [6.07, 6.45) is -1.21. The number of aromatic nitrogens is 2. The zero-order valence-electron chi connectivity index (χ0n) is 21.9. The number of amides is 1. The van der Waals surface area contributed by atoms with Crippen LogP contribution in [0.4, 0.5) is 9.59 Å². The molecule has 3 N–H and O–H groups in total. The number of aliphatic hydroxyl groups is 1. The number of hydrogen-bond acceptors (Lipinski definition) is 10. The third-order valence-corrected chi connectivity index (χ3v) is 7.06. The van der Waals surface area contributed by atoms with Crippen LogP contribution in [0.1, 0.15) is 30.3 Å². The second-order valence-corrected chi connectivity index (χ2v) is 10.2. The van der Waals surface area contributed by atoms with Crippen LogP contribution in [0.2, 0.25) is 0 Å². The van der Waals surface area contributed by atoms with Crippen LogP contribution >= 0.6 is 0 Å². The Morgan fingerprint density at radius 3 is 2.54 bits per heavy atom. The van der Waals surface area contributed by atoms with E-state index in [0.29, 0.717) is 12.0 Å². The molecule has 0 saturated heterocycles. The summed E-state index contributed by atoms with van der Waals surface area (Å²) in [6, 6.07) is 7.30. The van der Waals surface area contributed by atoms with E-state index in [9.17, 15) is 22.8 Å². The molecular weight excluding hydrogens is 532 g/mol. The Hall–Kier alpha value is -4.01. The van der Waals surface area contributed by atoms with Gasteiger partial charge in [-0.3, -0.25) is 9.36 Å². The molecule has 3 rings (SSSR count). The number of aryl methyl sites for hydroxylation is 2. The predicted molar refractivity (Wildman–Crippen MR) is 141 cm³/mol. The van der Waals surface area contributed by atoms with Gasteiger partial charge >= 0.3 is 12.2 Å². The van der Waals surface area contributed by atoms with E-state index in [2.05, 4.69) is 15.0 Å². The van der Waals surface area contributed by atoms with Crippen LogP contribution in [0, 0.1) is 13.8 Å². The van der Waals surface area contributed by atoms with Crippen LogP contribution in [0.25, 0.3) is 16.6 Å². The van der Waals surface area contributed by atoms with E-state index in [4.69, 9.17) is 19.3 Å². The number of para-hydroxylation sites is 1. The van der Waals surface area contributed by atoms with E-state index in [-0.39, 0.29) is 58.4 Å². The van der Waals surface area contributed by atoms with Crippen molar-refractivity contribution in [3.8, 4) is 11.4 Å². The van der Waals surface area contributed by atoms with Crippen molar-refractivity contribution >= 4 is 33.2 Å². The van der Waals surface area contributed by atoms with Crippen LogP contribution in [-0.4, -0.2) is 62.1 Å². The van der Waals surface area contributed by atoms with E-state index in [0.717, 1.165) is 4.57 Å². The van der Waals surface area contributed by atoms with Crippen molar-refractivity contribution in [1.29, 1.82) is 0 Å². The number of benzene rings is 2. The largest absolute Gasteiger partial charge is 0.513 e. The van der Waals surface area contributed by atoms with Gasteiger partial charge in [0.15, 0.2) is 12.4 Å². The number of hydrogen-bond donors (Lipinski definition) is 3. The van der Waals surface area contributed by atoms with Crippen LogP contribution in [0.3, 0.4) is 0 Å². The molecule has 2 aromatic carbocycles. The van der Waals surface area contributed by atoms with Gasteiger partial charge in [-0.25, -0.2) is 27.7 Å². The summed E-state index contributed by atoms with van der Waals surface area (Å²) in [6.45, 7) is 4.36. The lowest BCUT2D eigenvalue weighted by Gasteiger charge is -2.19. The number of carbonyl (C=O) groups excluding carboxylic acids is 2. The Labute approximate surface area is 224 Å². The summed E-state index contributed by atoms with van der Waals surface area (Å²) in [7, 11) is -2.79. The third-order valence-electron chi connectivity index (χ3n) is 5.60. The normalized spacial score (nSPS) is 11.3. The molecule has 0 spiro atoms. The molecule has 3 aromatic rings. The minimum atomic E-state index is -4.03. The van der Waals surface area contributed by atoms with E-state index in [1.54, 1.807) is 19.9 Å². The van der Waals surface area contributed by atoms with Crippen molar-refractivity contribution in [2.75, 3.05) is 26.8 Å². The molecule has 39 heavy (non-hydrogen) atoms. The number of fused-ring (bicyclic) bond motifs is 1. The van der Waals surface area contributed by atoms with Gasteiger partial charge in [-0.1, -0.05) is 19.1 Å². The summed E-state index contributed by atoms with van der Waals surface area (Å²) in [4.78, 5) is 42.5. The van der Waals surface area contributed by atoms with Gasteiger partial charge in [0, 0.05) is 12.1 Å². The van der Waals surface area contributed by atoms with Crippen LogP contribution in [0.5, 0.6) is 5.75 Å². The SMILES string of the molecule is CCCOC(=O)Oc1c(C)cc2nc(COC(=O)NCCO)n(-c3ccccc3S(=O)(=O)NC)c(=O)c2c1C. The van der Waals surface area contributed by atoms with Crippen molar-refractivity contribution in [3.05, 3.63) is 57.6 Å². The fourth-order valence-corrected chi connectivity index (χ4v) is 4.75. The maximum Gasteiger partial charge on any atom is 0.513 e. The number of carbonyl (C=O) groups is 2. The fraction of sp³-hybridized carbons (Fsp3) is 0.360. The Kier molecular flexibility index (Phi) is 9.61. The lowest BCUT2D eigenvalue weighted by Crippen LogP contribution is -2.31. The molecule has 0 fully saturated rings. The Bertz CT molecular complexity index is 1550. The maximum absolute atomic E-state index is 14.0. The topological polar surface area (TPSA) is 175 Å². The lowest BCUT2D eigenvalue weighted by atomic mass is 10.0. The first-order chi connectivity index (χ1) is 18.5. The molecule has 0 atom stereocenters. The minimum Gasteiger partial charge on any atom is -0.441 e. The fourth-order valence-electron chi connectivity index (χ4n) is 3.84. The molecule has 0 aliphatic carbocycles. The first-order valence-electron chi connectivity index (χ1n) is 12.0. The Morgan fingerprint density at radius 2 is 1.87 bits per heavy atom. The Balaban J connectivity index is 2.29. The van der Waals surface area contributed by atoms with Crippen LogP contribution in [0.15, 0.2) is 40.0 Å². The zero-order chi connectivity index (χ0) is 28.7. The van der Waals surface area contributed by atoms with E-state index < -0.39 is 34.4 Å². The highest BCUT2D eigenvalue weighted by Crippen LogP contribution is 2.30. The molecule has 0 bridgehead atoms. The minimum absolute atomic E-state index is 0.0367. The van der Waals surface area contributed by atoms with Crippen LogP contribution in [-0.2, 0) is 26.1 Å². The highest BCUT2D eigenvalue weighted by Gasteiger charge is 2.25. The zero-order valence-corrected chi connectivity index (χ0v) is 22.8. The number of nitrogens with zero attached hydrogens (tertiary/aromatic N) is 2. The second-order valence-electron chi connectivity index (χ2n) is 8.31. The van der Waals surface area contributed by atoms with Crippen molar-refractivity contribution in [1.82, 2.24) is 19.6 Å². The number of nitrogens with one attached hydrogen (secondary N) is 2. The van der Waals surface area contributed by atoms with Crippen LogP contribution < -0.4 is 20.3 Å². The summed E-state index contributed by atoms with van der Waals surface area (Å²) in [5.41, 5.74) is 0.266. The number of aliphatic hydroxyl groups excluding tert-OH is 1. The summed E-state index contributed by atoms with van der Waals surface area (Å²) in [5, 5.41) is 11.3. The van der Waals surface area contributed by atoms with E-state index >= 15 is 0 Å². The average molecular weight is 563 g/mol. The van der Waals surface area contributed by atoms with Crippen molar-refractivity contribution < 1.29 is 37.3 Å². The first-order valence-corrected chi connectivity index (χ1v) is 13.5. The van der Waals surface area contributed by atoms with Gasteiger partial charge in [-0.05, 0) is 51.1 Å². The highest BCUT2D eigenvalue weighted by molar-refractivity contribution is 7.89. The van der Waals surface area contributed by atoms with E-state index in [1.165, 1.54) is 31.3 Å². The molecule has 1 amide bonds. The van der Waals surface area contributed by atoms with Gasteiger partial charge in [-0.15, -0.1) is 0 Å². The molecule has 0 aliphatic rings. The molecule has 1 aromatic heterocycles. The Morgan fingerprint density at radius 1 is 1.15 bits per heavy atom. The van der Waals surface area contributed by atoms with Crippen molar-refractivity contribution in [3.63, 3.8) is 0 Å². The lowest BCUT2D eigenvalue weighted by molar-refractivity contribution is 0.0987. The molecule has 13 nitrogen and oxygen atoms in total. The van der Waals surface area contributed by atoms with Crippen molar-refractivity contribution in [2.24, 2.45) is 0 Å². The summed E-state index contributed by atoms with van der Waals surface area (Å²) >= 11 is 0. The molecule has 0 aliphatic heterocycles.